The number of nitrogens with one attached hydrogen (secondary N) is 1. The lowest BCUT2D eigenvalue weighted by molar-refractivity contribution is 0.206. The summed E-state index contributed by atoms with van der Waals surface area (Å²) < 4.78 is 6.21. The van der Waals surface area contributed by atoms with Crippen molar-refractivity contribution in [1.29, 1.82) is 0 Å². The zero-order valence-electron chi connectivity index (χ0n) is 11.8. The lowest BCUT2D eigenvalue weighted by Gasteiger charge is -2.21. The molecule has 0 aliphatic heterocycles. The third-order valence-corrected chi connectivity index (χ3v) is 3.74. The molecule has 2 heteroatoms. The van der Waals surface area contributed by atoms with Gasteiger partial charge in [-0.1, -0.05) is 19.1 Å². The third-order valence-electron chi connectivity index (χ3n) is 3.74. The monoisotopic (exact) mass is 247 g/mol. The summed E-state index contributed by atoms with van der Waals surface area (Å²) in [6.45, 7) is 7.46. The van der Waals surface area contributed by atoms with E-state index >= 15 is 0 Å². The fraction of sp³-hybridized carbons (Fsp3) is 0.625. The maximum atomic E-state index is 6.21. The van der Waals surface area contributed by atoms with Gasteiger partial charge >= 0.3 is 0 Å². The highest BCUT2D eigenvalue weighted by Crippen LogP contribution is 2.30. The van der Waals surface area contributed by atoms with Gasteiger partial charge in [-0.2, -0.15) is 0 Å². The smallest absolute Gasteiger partial charge is 0.124 e. The van der Waals surface area contributed by atoms with Gasteiger partial charge in [-0.05, 0) is 57.7 Å². The molecule has 2 rings (SSSR count). The molecule has 0 amide bonds. The average Bonchev–Trinajstić information content (AvgIpc) is 2.82. The zero-order valence-corrected chi connectivity index (χ0v) is 11.8. The molecule has 1 aromatic carbocycles. The lowest BCUT2D eigenvalue weighted by Crippen LogP contribution is -2.20. The number of ether oxygens (including phenoxy) is 1. The summed E-state index contributed by atoms with van der Waals surface area (Å²) in [4.78, 5) is 0. The maximum Gasteiger partial charge on any atom is 0.124 e. The molecule has 0 saturated heterocycles. The quantitative estimate of drug-likeness (QED) is 0.849. The van der Waals surface area contributed by atoms with Crippen LogP contribution >= 0.6 is 0 Å². The second-order valence-electron chi connectivity index (χ2n) is 5.34. The molecule has 1 fully saturated rings. The highest BCUT2D eigenvalue weighted by Gasteiger charge is 2.19. The Labute approximate surface area is 111 Å². The molecule has 0 spiro atoms. The van der Waals surface area contributed by atoms with Crippen molar-refractivity contribution in [3.05, 3.63) is 29.3 Å². The van der Waals surface area contributed by atoms with Crippen molar-refractivity contribution >= 4 is 0 Å². The van der Waals surface area contributed by atoms with Crippen LogP contribution in [0, 0.1) is 6.92 Å². The van der Waals surface area contributed by atoms with E-state index in [1.54, 1.807) is 0 Å². The van der Waals surface area contributed by atoms with Crippen molar-refractivity contribution in [2.45, 2.75) is 58.6 Å². The standard InChI is InChI=1S/C16H25NO/c1-4-17-13(3)15-10-9-12(2)11-16(15)18-14-7-5-6-8-14/h9-11,13-14,17H,4-8H2,1-3H3. The molecule has 100 valence electrons. The molecule has 1 aliphatic rings. The Kier molecular flexibility index (Phi) is 4.65. The van der Waals surface area contributed by atoms with E-state index in [0.717, 1.165) is 12.3 Å². The van der Waals surface area contributed by atoms with E-state index in [0.29, 0.717) is 12.1 Å². The maximum absolute atomic E-state index is 6.21. The van der Waals surface area contributed by atoms with Gasteiger partial charge in [-0.15, -0.1) is 0 Å². The molecule has 0 bridgehead atoms. The summed E-state index contributed by atoms with van der Waals surface area (Å²) in [6.07, 6.45) is 5.48. The van der Waals surface area contributed by atoms with Gasteiger partial charge in [-0.25, -0.2) is 0 Å². The molecule has 1 saturated carbocycles. The van der Waals surface area contributed by atoms with Crippen molar-refractivity contribution in [3.8, 4) is 5.75 Å². The van der Waals surface area contributed by atoms with E-state index in [1.807, 2.05) is 0 Å². The van der Waals surface area contributed by atoms with E-state index in [2.05, 4.69) is 44.3 Å². The second-order valence-corrected chi connectivity index (χ2v) is 5.34. The minimum Gasteiger partial charge on any atom is -0.490 e. The van der Waals surface area contributed by atoms with Gasteiger partial charge < -0.3 is 10.1 Å². The van der Waals surface area contributed by atoms with Gasteiger partial charge in [0.2, 0.25) is 0 Å². The van der Waals surface area contributed by atoms with Crippen molar-refractivity contribution in [2.24, 2.45) is 0 Å². The predicted molar refractivity (Wildman–Crippen MR) is 76.2 cm³/mol. The Morgan fingerprint density at radius 3 is 2.72 bits per heavy atom. The summed E-state index contributed by atoms with van der Waals surface area (Å²) >= 11 is 0. The Bertz CT molecular complexity index is 383. The summed E-state index contributed by atoms with van der Waals surface area (Å²) in [5.74, 6) is 1.08. The fourth-order valence-corrected chi connectivity index (χ4v) is 2.70. The molecule has 1 N–H and O–H groups in total. The van der Waals surface area contributed by atoms with Crippen LogP contribution in [0.4, 0.5) is 0 Å². The number of hydrogen-bond donors (Lipinski definition) is 1. The van der Waals surface area contributed by atoms with Crippen LogP contribution < -0.4 is 10.1 Å². The Morgan fingerprint density at radius 2 is 2.06 bits per heavy atom. The van der Waals surface area contributed by atoms with Crippen molar-refractivity contribution in [1.82, 2.24) is 5.32 Å². The van der Waals surface area contributed by atoms with Crippen LogP contribution in [-0.4, -0.2) is 12.6 Å². The minimum absolute atomic E-state index is 0.354. The first-order valence-corrected chi connectivity index (χ1v) is 7.21. The van der Waals surface area contributed by atoms with Crippen LogP contribution in [0.25, 0.3) is 0 Å². The van der Waals surface area contributed by atoms with Gasteiger partial charge in [0.25, 0.3) is 0 Å². The van der Waals surface area contributed by atoms with Crippen LogP contribution in [0.1, 0.15) is 56.7 Å². The Balaban J connectivity index is 2.16. The van der Waals surface area contributed by atoms with Crippen LogP contribution in [0.15, 0.2) is 18.2 Å². The topological polar surface area (TPSA) is 21.3 Å². The van der Waals surface area contributed by atoms with Crippen molar-refractivity contribution in [2.75, 3.05) is 6.54 Å². The molecule has 0 aromatic heterocycles. The normalized spacial score (nSPS) is 17.9. The van der Waals surface area contributed by atoms with Crippen molar-refractivity contribution < 1.29 is 4.74 Å². The Hall–Kier alpha value is -1.02. The summed E-state index contributed by atoms with van der Waals surface area (Å²) in [5, 5.41) is 3.47. The molecule has 1 unspecified atom stereocenters. The molecule has 2 nitrogen and oxygen atoms in total. The van der Waals surface area contributed by atoms with Crippen molar-refractivity contribution in [3.63, 3.8) is 0 Å². The van der Waals surface area contributed by atoms with Gasteiger partial charge in [0.05, 0.1) is 6.10 Å². The van der Waals surface area contributed by atoms with E-state index in [1.165, 1.54) is 36.8 Å². The first-order valence-electron chi connectivity index (χ1n) is 7.21. The van der Waals surface area contributed by atoms with Crippen LogP contribution in [0.3, 0.4) is 0 Å². The summed E-state index contributed by atoms with van der Waals surface area (Å²) in [5.41, 5.74) is 2.56. The van der Waals surface area contributed by atoms with Gasteiger partial charge in [0.15, 0.2) is 0 Å². The van der Waals surface area contributed by atoms with Crippen LogP contribution in [-0.2, 0) is 0 Å². The van der Waals surface area contributed by atoms with Gasteiger partial charge in [-0.3, -0.25) is 0 Å². The SMILES string of the molecule is CCNC(C)c1ccc(C)cc1OC1CCCC1. The number of hydrogen-bond acceptors (Lipinski definition) is 2. The summed E-state index contributed by atoms with van der Waals surface area (Å²) in [7, 11) is 0. The highest BCUT2D eigenvalue weighted by molar-refractivity contribution is 5.39. The third kappa shape index (κ3) is 3.26. The lowest BCUT2D eigenvalue weighted by atomic mass is 10.0. The van der Waals surface area contributed by atoms with E-state index < -0.39 is 0 Å². The van der Waals surface area contributed by atoms with Crippen LogP contribution in [0.5, 0.6) is 5.75 Å². The zero-order chi connectivity index (χ0) is 13.0. The molecule has 0 heterocycles. The van der Waals surface area contributed by atoms with E-state index in [9.17, 15) is 0 Å². The van der Waals surface area contributed by atoms with Gasteiger partial charge in [0, 0.05) is 11.6 Å². The molecule has 1 atom stereocenters. The van der Waals surface area contributed by atoms with E-state index in [-0.39, 0.29) is 0 Å². The molecule has 18 heavy (non-hydrogen) atoms. The molecule has 0 radical (unpaired) electrons. The fourth-order valence-electron chi connectivity index (χ4n) is 2.70. The number of rotatable bonds is 5. The average molecular weight is 247 g/mol. The molecular weight excluding hydrogens is 222 g/mol. The molecule has 1 aromatic rings. The molecular formula is C16H25NO. The highest BCUT2D eigenvalue weighted by atomic mass is 16.5. The van der Waals surface area contributed by atoms with Crippen LogP contribution in [0.2, 0.25) is 0 Å². The van der Waals surface area contributed by atoms with Gasteiger partial charge in [0.1, 0.15) is 5.75 Å². The number of aryl methyl sites for hydroxylation is 1. The first kappa shape index (κ1) is 13.4. The second kappa shape index (κ2) is 6.24. The largest absolute Gasteiger partial charge is 0.490 e. The predicted octanol–water partition coefficient (Wildman–Crippen LogP) is 3.99. The molecule has 1 aliphatic carbocycles. The summed E-state index contributed by atoms with van der Waals surface area (Å²) in [6, 6.07) is 6.91. The number of benzene rings is 1. The first-order chi connectivity index (χ1) is 8.70. The Morgan fingerprint density at radius 1 is 1.33 bits per heavy atom. The minimum atomic E-state index is 0.354. The van der Waals surface area contributed by atoms with E-state index in [4.69, 9.17) is 4.74 Å².